The minimum atomic E-state index is -2.18. The van der Waals surface area contributed by atoms with Crippen LogP contribution in [0.1, 0.15) is 110 Å². The molecular formula is C76H117O42+. The Labute approximate surface area is 676 Å². The fourth-order valence-electron chi connectivity index (χ4n) is 17.6. The second-order valence-electron chi connectivity index (χ2n) is 32.9. The quantitative estimate of drug-likeness (QED) is 0.0114. The number of esters is 4. The van der Waals surface area contributed by atoms with Gasteiger partial charge in [0.2, 0.25) is 0 Å². The van der Waals surface area contributed by atoms with Crippen LogP contribution < -0.4 is 0 Å². The van der Waals surface area contributed by atoms with Gasteiger partial charge in [-0.15, -0.1) is 0 Å². The fraction of sp³-hybridized carbons (Fsp3) is 0.855. The van der Waals surface area contributed by atoms with Crippen molar-refractivity contribution in [1.82, 2.24) is 0 Å². The van der Waals surface area contributed by atoms with Gasteiger partial charge >= 0.3 is 29.8 Å². The molecule has 0 aromatic rings. The van der Waals surface area contributed by atoms with E-state index >= 15 is 0 Å². The zero-order valence-electron chi connectivity index (χ0n) is 64.9. The maximum Gasteiger partial charge on any atom is 0.330 e. The van der Waals surface area contributed by atoms with Crippen molar-refractivity contribution in [3.8, 4) is 0 Å². The van der Waals surface area contributed by atoms with Crippen molar-refractivity contribution in [2.24, 2.45) is 29.6 Å². The summed E-state index contributed by atoms with van der Waals surface area (Å²) in [6.45, 7) is -1.83. The van der Waals surface area contributed by atoms with Gasteiger partial charge in [-0.25, -0.2) is 14.4 Å². The molecule has 42 nitrogen and oxygen atoms in total. The predicted molar refractivity (Wildman–Crippen MR) is 384 cm³/mol. The lowest BCUT2D eigenvalue weighted by Gasteiger charge is -2.51. The molecule has 6 aliphatic heterocycles. The standard InChI is InChI=1S/C76H116O42/c1-29-70(118-53(86)16-7-30-3-10-34(77)11-4-30)64(97)69(102)72(108-29)107-28-49-59(92)63(96)68(101)76(117-49)113-45-23-36-40(21-35(78)22-41(36)110-73-65(98)60(93)58(91)48(114-73)27-106-54(87)24-50(82)83)109-71(45)33-19-43(111-74-66(99)61(94)56(89)46(115-74)25-104-51(84)14-8-31-5-12-37(79)39(81)17-31)55(88)44(20-33)112-75-67(100)62(95)57(90)47(116-75)26-105-52(85)15-9-32-6-13-38(80)42(18-32)103-2/h7-9,14-16,29-49,55-81,88-102H,3-6,10-13,17-28H2,1-2H3,(H,82,83)/p+1/t29-,30?,31?,32?,33?,34?,35?,36?,37?,38?,39?,40?,41?,42?,43?,44?,45?,46+,47+,48+,49+,55?,56+,57+,58+,59+,60-,61-,62-,63-,64-,65+,66+,67+,68+,69+,70-,71?,72+,73+,74+,75+,76+/m0/s1. The molecular weight excluding hydrogens is 1580 g/mol. The second-order valence-corrected chi connectivity index (χ2v) is 32.9. The lowest BCUT2D eigenvalue weighted by Crippen LogP contribution is -2.65. The Balaban J connectivity index is 0.874. The summed E-state index contributed by atoms with van der Waals surface area (Å²) in [6.07, 6.45) is -54.1. The highest BCUT2D eigenvalue weighted by Crippen LogP contribution is 2.47. The van der Waals surface area contributed by atoms with Gasteiger partial charge in [-0.3, -0.25) is 9.59 Å². The average molecular weight is 1700 g/mol. The molecule has 42 heteroatoms. The predicted octanol–water partition coefficient (Wildman–Crippen LogP) is -8.61. The molecule has 0 amide bonds. The number of hydrogen-bond donors (Lipinski definition) is 21. The molecule has 11 fully saturated rings. The van der Waals surface area contributed by atoms with Crippen LogP contribution in [-0.2, 0) is 95.0 Å². The first-order valence-corrected chi connectivity index (χ1v) is 40.4. The minimum absolute atomic E-state index is 0.0222. The van der Waals surface area contributed by atoms with Gasteiger partial charge in [0.15, 0.2) is 49.8 Å². The van der Waals surface area contributed by atoms with E-state index in [-0.39, 0.29) is 49.9 Å². The van der Waals surface area contributed by atoms with Gasteiger partial charge in [0.1, 0.15) is 148 Å². The molecule has 0 spiro atoms. The van der Waals surface area contributed by atoms with E-state index in [0.717, 1.165) is 12.2 Å². The number of aliphatic carboxylic acids is 1. The van der Waals surface area contributed by atoms with Crippen molar-refractivity contribution in [2.75, 3.05) is 33.5 Å². The van der Waals surface area contributed by atoms with Crippen molar-refractivity contribution in [2.45, 2.75) is 343 Å². The van der Waals surface area contributed by atoms with Crippen LogP contribution in [0.5, 0.6) is 0 Å². The zero-order valence-corrected chi connectivity index (χ0v) is 64.9. The monoisotopic (exact) mass is 1700 g/mol. The van der Waals surface area contributed by atoms with Gasteiger partial charge in [-0.2, -0.15) is 0 Å². The third-order valence-electron chi connectivity index (χ3n) is 24.6. The van der Waals surface area contributed by atoms with Crippen molar-refractivity contribution in [1.29, 1.82) is 0 Å². The summed E-state index contributed by atoms with van der Waals surface area (Å²) in [5, 5.41) is 234. The number of carboxylic acids is 1. The summed E-state index contributed by atoms with van der Waals surface area (Å²) >= 11 is 0. The van der Waals surface area contributed by atoms with E-state index in [9.17, 15) is 126 Å². The third kappa shape index (κ3) is 23.4. The summed E-state index contributed by atoms with van der Waals surface area (Å²) in [6, 6.07) is 0. The molecule has 16 unspecified atom stereocenters. The summed E-state index contributed by atoms with van der Waals surface area (Å²) in [4.78, 5) is 63.0. The Hall–Kier alpha value is -4.71. The Morgan fingerprint density at radius 3 is 1.32 bits per heavy atom. The largest absolute Gasteiger partial charge is 0.481 e. The molecule has 0 aromatic carbocycles. The maximum absolute atomic E-state index is 13.2. The number of carboxylic acid groups (broad SMARTS) is 1. The van der Waals surface area contributed by atoms with Gasteiger partial charge in [-0.05, 0) is 108 Å². The molecule has 6 heterocycles. The van der Waals surface area contributed by atoms with E-state index in [1.165, 1.54) is 26.2 Å². The number of aliphatic hydroxyl groups is 22. The number of hydrogen-bond acceptors (Lipinski definition) is 40. The van der Waals surface area contributed by atoms with Crippen LogP contribution in [0.4, 0.5) is 0 Å². The average Bonchev–Trinajstić information content (AvgIpc) is 0.770. The van der Waals surface area contributed by atoms with Crippen LogP contribution in [0.15, 0.2) is 36.5 Å². The number of allylic oxidation sites excluding steroid dienone is 3. The number of methoxy groups -OCH3 is 1. The van der Waals surface area contributed by atoms with Gasteiger partial charge in [0.25, 0.3) is 0 Å². The highest BCUT2D eigenvalue weighted by molar-refractivity contribution is 5.90. The summed E-state index contributed by atoms with van der Waals surface area (Å²) in [5.41, 5.74) is 0. The van der Waals surface area contributed by atoms with Crippen LogP contribution in [0, 0.1) is 29.6 Å². The van der Waals surface area contributed by atoms with E-state index in [1.54, 1.807) is 12.2 Å². The number of carbonyl (C=O) groups excluding carboxylic acids is 4. The second kappa shape index (κ2) is 42.3. The summed E-state index contributed by atoms with van der Waals surface area (Å²) in [5.74, 6) is -8.34. The van der Waals surface area contributed by atoms with Crippen LogP contribution in [-0.4, -0.2) is 408 Å². The van der Waals surface area contributed by atoms with Crippen molar-refractivity contribution < 1.29 is 207 Å². The molecule has 22 N–H and O–H groups in total. The fourth-order valence-corrected chi connectivity index (χ4v) is 17.6. The minimum Gasteiger partial charge on any atom is -0.481 e. The van der Waals surface area contributed by atoms with Crippen molar-refractivity contribution in [3.05, 3.63) is 36.5 Å². The molecule has 0 radical (unpaired) electrons. The van der Waals surface area contributed by atoms with Gasteiger partial charge < -0.3 is 183 Å². The van der Waals surface area contributed by atoms with Crippen LogP contribution >= 0.6 is 0 Å². The first kappa shape index (κ1) is 94.0. The highest BCUT2D eigenvalue weighted by Gasteiger charge is 2.60. The maximum atomic E-state index is 13.2. The first-order valence-electron chi connectivity index (χ1n) is 40.4. The third-order valence-corrected chi connectivity index (χ3v) is 24.6. The molecule has 11 aliphatic rings. The molecule has 0 bridgehead atoms. The Bertz CT molecular complexity index is 3310. The first-order chi connectivity index (χ1) is 56.0. The molecule has 5 saturated carbocycles. The summed E-state index contributed by atoms with van der Waals surface area (Å²) in [7, 11) is 1.44. The van der Waals surface area contributed by atoms with Crippen LogP contribution in [0.3, 0.4) is 0 Å². The molecule has 118 heavy (non-hydrogen) atoms. The smallest absolute Gasteiger partial charge is 0.330 e. The summed E-state index contributed by atoms with van der Waals surface area (Å²) < 4.78 is 93.8. The van der Waals surface area contributed by atoms with E-state index in [1.807, 2.05) is 0 Å². The van der Waals surface area contributed by atoms with E-state index in [2.05, 4.69) is 0 Å². The number of fused-ring (bicyclic) bond motifs is 1. The Morgan fingerprint density at radius 2 is 0.822 bits per heavy atom. The molecule has 672 valence electrons. The lowest BCUT2D eigenvalue weighted by atomic mass is 9.71. The zero-order chi connectivity index (χ0) is 85.4. The molecule has 0 aromatic heterocycles. The number of ether oxygens (including phenoxy) is 16. The molecule has 41 atom stereocenters. The Kier molecular flexibility index (Phi) is 33.7. The van der Waals surface area contributed by atoms with Gasteiger partial charge in [0.05, 0.1) is 73.6 Å². The van der Waals surface area contributed by atoms with Gasteiger partial charge in [0, 0.05) is 44.1 Å². The number of rotatable bonds is 28. The van der Waals surface area contributed by atoms with E-state index in [0.29, 0.717) is 51.4 Å². The molecule has 5 aliphatic carbocycles. The molecule has 6 saturated heterocycles. The van der Waals surface area contributed by atoms with E-state index in [4.69, 9.17) is 80.9 Å². The normalized spacial score (nSPS) is 47.3. The highest BCUT2D eigenvalue weighted by atomic mass is 16.8. The van der Waals surface area contributed by atoms with E-state index < -0.39 is 320 Å². The topological polar surface area (TPSA) is 661 Å². The number of aliphatic hydroxyl groups excluding tert-OH is 20. The van der Waals surface area contributed by atoms with Crippen molar-refractivity contribution >= 4 is 29.8 Å². The Morgan fingerprint density at radius 1 is 0.381 bits per heavy atom. The van der Waals surface area contributed by atoms with Crippen molar-refractivity contribution in [3.63, 3.8) is 0 Å². The SMILES string of the molecule is COC1CC(C=CC(=O)OC[C@H]2O[C@@H](OC3CC(C4[OH+]C5CC(O)CC(O[C@@H]6O[C@H](COC(=O)CC(=O)O)[C@@H](O)[C@H](O)[C@H]6O)C5CC4O[C@@H]4O[C@H](CO[C@@H]5O[C@@H](C)[C@H](OC(=O)C=CC6CCC(O)CC6)[C@@H](O)[C@H]5O)[C@@H](O)[C@H](O)[C@H]4O)CC(O[C@@H]4O[C@H](COC(=O)C=CC5CCC(O)C(O)C5)[C@@H](O)[C@H](O)[C@H]4O)C3O)[C@H](O)[C@@H](O)[C@@H]2O)CCC1O. The van der Waals surface area contributed by atoms with Crippen LogP contribution in [0.25, 0.3) is 0 Å². The number of carbonyl (C=O) groups is 5. The molecule has 11 rings (SSSR count). The van der Waals surface area contributed by atoms with Gasteiger partial charge in [-0.1, -0.05) is 18.2 Å². The van der Waals surface area contributed by atoms with Crippen LogP contribution in [0.2, 0.25) is 0 Å². The lowest BCUT2D eigenvalue weighted by molar-refractivity contribution is -0.375.